The molecular weight excluding hydrogens is 216 g/mol. The van der Waals surface area contributed by atoms with Gasteiger partial charge in [-0.3, -0.25) is 4.90 Å². The molecule has 0 bridgehead atoms. The van der Waals surface area contributed by atoms with Crippen LogP contribution in [0.2, 0.25) is 0 Å². The van der Waals surface area contributed by atoms with Gasteiger partial charge in [0.1, 0.15) is 5.82 Å². The molecule has 1 aromatic heterocycles. The number of anilines is 1. The van der Waals surface area contributed by atoms with Crippen molar-refractivity contribution >= 4 is 11.8 Å². The summed E-state index contributed by atoms with van der Waals surface area (Å²) < 4.78 is 0. The predicted molar refractivity (Wildman–Crippen MR) is 65.0 cm³/mol. The molecule has 90 valence electrons. The largest absolute Gasteiger partial charge is 0.326 e. The van der Waals surface area contributed by atoms with E-state index in [9.17, 15) is 4.79 Å². The second kappa shape index (κ2) is 4.00. The molecule has 2 saturated heterocycles. The first kappa shape index (κ1) is 10.5. The molecule has 5 heteroatoms. The number of carbonyl (C=O) groups excluding carboxylic acids is 1. The molecule has 5 nitrogen and oxygen atoms in total. The van der Waals surface area contributed by atoms with Crippen molar-refractivity contribution in [2.75, 3.05) is 38.1 Å². The molecule has 0 saturated carbocycles. The van der Waals surface area contributed by atoms with Crippen molar-refractivity contribution in [1.29, 1.82) is 0 Å². The van der Waals surface area contributed by atoms with E-state index < -0.39 is 0 Å². The van der Waals surface area contributed by atoms with Gasteiger partial charge in [0.05, 0.1) is 12.6 Å². The van der Waals surface area contributed by atoms with Crippen LogP contribution >= 0.6 is 0 Å². The maximum Gasteiger partial charge on any atom is 0.326 e. The molecule has 2 amide bonds. The first-order valence-corrected chi connectivity index (χ1v) is 5.93. The summed E-state index contributed by atoms with van der Waals surface area (Å²) in [5.74, 6) is 0.759. The van der Waals surface area contributed by atoms with Gasteiger partial charge in [-0.2, -0.15) is 0 Å². The lowest BCUT2D eigenvalue weighted by Gasteiger charge is -2.33. The Balaban J connectivity index is 1.83. The zero-order valence-corrected chi connectivity index (χ0v) is 9.91. The van der Waals surface area contributed by atoms with Gasteiger partial charge in [0, 0.05) is 25.8 Å². The second-order valence-electron chi connectivity index (χ2n) is 4.69. The molecule has 1 unspecified atom stereocenters. The van der Waals surface area contributed by atoms with E-state index in [2.05, 4.69) is 16.9 Å². The zero-order valence-electron chi connectivity index (χ0n) is 9.91. The second-order valence-corrected chi connectivity index (χ2v) is 4.69. The Morgan fingerprint density at radius 3 is 2.94 bits per heavy atom. The number of fused-ring (bicyclic) bond motifs is 1. The molecule has 3 rings (SSSR count). The fraction of sp³-hybridized carbons (Fsp3) is 0.500. The summed E-state index contributed by atoms with van der Waals surface area (Å²) in [6.07, 6.45) is 1.73. The average molecular weight is 232 g/mol. The molecule has 3 heterocycles. The predicted octanol–water partition coefficient (Wildman–Crippen LogP) is 0.638. The van der Waals surface area contributed by atoms with E-state index in [1.807, 2.05) is 23.1 Å². The number of likely N-dealkylation sites (N-methyl/N-ethyl adjacent to an activating group) is 1. The first-order chi connectivity index (χ1) is 8.25. The fourth-order valence-electron chi connectivity index (χ4n) is 2.57. The number of hydrogen-bond acceptors (Lipinski definition) is 3. The maximum absolute atomic E-state index is 12.2. The van der Waals surface area contributed by atoms with Crippen LogP contribution < -0.4 is 4.90 Å². The third kappa shape index (κ3) is 1.76. The SMILES string of the molecule is CN1CCN2C(=O)N(c3ccccn3)CC2C1. The highest BCUT2D eigenvalue weighted by Crippen LogP contribution is 2.24. The molecule has 0 spiro atoms. The van der Waals surface area contributed by atoms with Gasteiger partial charge < -0.3 is 9.80 Å². The first-order valence-electron chi connectivity index (χ1n) is 5.93. The van der Waals surface area contributed by atoms with Crippen molar-refractivity contribution in [1.82, 2.24) is 14.8 Å². The minimum absolute atomic E-state index is 0.0989. The summed E-state index contributed by atoms with van der Waals surface area (Å²) >= 11 is 0. The highest BCUT2D eigenvalue weighted by atomic mass is 16.2. The highest BCUT2D eigenvalue weighted by Gasteiger charge is 2.40. The van der Waals surface area contributed by atoms with Gasteiger partial charge in [0.15, 0.2) is 0 Å². The molecule has 0 aromatic carbocycles. The third-order valence-electron chi connectivity index (χ3n) is 3.48. The summed E-state index contributed by atoms with van der Waals surface area (Å²) in [6, 6.07) is 6.08. The van der Waals surface area contributed by atoms with E-state index in [0.717, 1.165) is 32.0 Å². The molecule has 1 aromatic rings. The van der Waals surface area contributed by atoms with E-state index in [4.69, 9.17) is 0 Å². The minimum Gasteiger partial charge on any atom is -0.317 e. The Labute approximate surface area is 101 Å². The summed E-state index contributed by atoms with van der Waals surface area (Å²) in [6.45, 7) is 3.48. The van der Waals surface area contributed by atoms with Crippen molar-refractivity contribution in [3.63, 3.8) is 0 Å². The number of pyridine rings is 1. The Hall–Kier alpha value is -1.62. The number of nitrogens with zero attached hydrogens (tertiary/aromatic N) is 4. The minimum atomic E-state index is 0.0989. The van der Waals surface area contributed by atoms with E-state index in [-0.39, 0.29) is 6.03 Å². The van der Waals surface area contributed by atoms with Gasteiger partial charge in [-0.1, -0.05) is 6.07 Å². The van der Waals surface area contributed by atoms with Crippen molar-refractivity contribution < 1.29 is 4.79 Å². The average Bonchev–Trinajstić information content (AvgIpc) is 2.67. The van der Waals surface area contributed by atoms with Crippen LogP contribution in [0, 0.1) is 0 Å². The normalized spacial score (nSPS) is 25.2. The zero-order chi connectivity index (χ0) is 11.8. The molecule has 0 aliphatic carbocycles. The van der Waals surface area contributed by atoms with Crippen molar-refractivity contribution in [3.05, 3.63) is 24.4 Å². The summed E-state index contributed by atoms with van der Waals surface area (Å²) in [5, 5.41) is 0. The summed E-state index contributed by atoms with van der Waals surface area (Å²) in [5.41, 5.74) is 0. The van der Waals surface area contributed by atoms with Gasteiger partial charge in [-0.15, -0.1) is 0 Å². The van der Waals surface area contributed by atoms with Crippen molar-refractivity contribution in [2.24, 2.45) is 0 Å². The Morgan fingerprint density at radius 1 is 1.29 bits per heavy atom. The molecule has 2 fully saturated rings. The van der Waals surface area contributed by atoms with E-state index >= 15 is 0 Å². The van der Waals surface area contributed by atoms with Crippen LogP contribution in [0.1, 0.15) is 0 Å². The smallest absolute Gasteiger partial charge is 0.317 e. The fourth-order valence-corrected chi connectivity index (χ4v) is 2.57. The maximum atomic E-state index is 12.2. The number of hydrogen-bond donors (Lipinski definition) is 0. The standard InChI is InChI=1S/C12H16N4O/c1-14-6-7-15-10(8-14)9-16(12(15)17)11-4-2-3-5-13-11/h2-5,10H,6-9H2,1H3. The molecule has 17 heavy (non-hydrogen) atoms. The third-order valence-corrected chi connectivity index (χ3v) is 3.48. The highest BCUT2D eigenvalue weighted by molar-refractivity contribution is 5.93. The van der Waals surface area contributed by atoms with Crippen molar-refractivity contribution in [3.8, 4) is 0 Å². The van der Waals surface area contributed by atoms with E-state index in [0.29, 0.717) is 6.04 Å². The lowest BCUT2D eigenvalue weighted by molar-refractivity contribution is 0.139. The van der Waals surface area contributed by atoms with E-state index in [1.54, 1.807) is 11.1 Å². The monoisotopic (exact) mass is 232 g/mol. The number of carbonyl (C=O) groups is 1. The van der Waals surface area contributed by atoms with Gasteiger partial charge in [-0.05, 0) is 19.2 Å². The van der Waals surface area contributed by atoms with Crippen LogP contribution in [0.4, 0.5) is 10.6 Å². The van der Waals surface area contributed by atoms with Gasteiger partial charge >= 0.3 is 6.03 Å². The molecular formula is C12H16N4O. The lowest BCUT2D eigenvalue weighted by Crippen LogP contribution is -2.50. The lowest BCUT2D eigenvalue weighted by atomic mass is 10.2. The number of piperazine rings is 1. The van der Waals surface area contributed by atoms with Gasteiger partial charge in [0.2, 0.25) is 0 Å². The van der Waals surface area contributed by atoms with Crippen LogP contribution in [0.15, 0.2) is 24.4 Å². The molecule has 0 N–H and O–H groups in total. The Morgan fingerprint density at radius 2 is 2.18 bits per heavy atom. The number of amides is 2. The quantitative estimate of drug-likeness (QED) is 0.713. The van der Waals surface area contributed by atoms with Crippen LogP contribution in [0.5, 0.6) is 0 Å². The Kier molecular flexibility index (Phi) is 2.48. The Bertz CT molecular complexity index is 422. The number of rotatable bonds is 1. The summed E-state index contributed by atoms with van der Waals surface area (Å²) in [4.78, 5) is 22.5. The molecule has 0 radical (unpaired) electrons. The van der Waals surface area contributed by atoms with Crippen LogP contribution in [0.25, 0.3) is 0 Å². The topological polar surface area (TPSA) is 39.7 Å². The van der Waals surface area contributed by atoms with E-state index in [1.165, 1.54) is 0 Å². The molecule has 2 aliphatic rings. The molecule has 2 aliphatic heterocycles. The van der Waals surface area contributed by atoms with Gasteiger partial charge in [0.25, 0.3) is 0 Å². The van der Waals surface area contributed by atoms with Crippen LogP contribution in [0.3, 0.4) is 0 Å². The number of aromatic nitrogens is 1. The van der Waals surface area contributed by atoms with Crippen LogP contribution in [-0.2, 0) is 0 Å². The molecule has 1 atom stereocenters. The number of urea groups is 1. The van der Waals surface area contributed by atoms with Crippen molar-refractivity contribution in [2.45, 2.75) is 6.04 Å². The van der Waals surface area contributed by atoms with Crippen LogP contribution in [-0.4, -0.2) is 60.1 Å². The van der Waals surface area contributed by atoms with Gasteiger partial charge in [-0.25, -0.2) is 9.78 Å². The summed E-state index contributed by atoms with van der Waals surface area (Å²) in [7, 11) is 2.10.